The molecule has 16 heavy (non-hydrogen) atoms. The van der Waals surface area contributed by atoms with Crippen molar-refractivity contribution in [3.8, 4) is 11.8 Å². The van der Waals surface area contributed by atoms with E-state index in [1.54, 1.807) is 0 Å². The Balaban J connectivity index is 2.82. The zero-order valence-corrected chi connectivity index (χ0v) is 10.4. The first-order chi connectivity index (χ1) is 7.54. The Morgan fingerprint density at radius 1 is 1.06 bits per heavy atom. The van der Waals surface area contributed by atoms with Crippen molar-refractivity contribution in [1.82, 2.24) is 0 Å². The van der Waals surface area contributed by atoms with Gasteiger partial charge in [-0.2, -0.15) is 5.26 Å². The van der Waals surface area contributed by atoms with Crippen molar-refractivity contribution >= 4 is 0 Å². The minimum atomic E-state index is -0.0342. The second-order valence-corrected chi connectivity index (χ2v) is 4.59. The molecule has 0 aliphatic rings. The molecule has 0 saturated heterocycles. The Kier molecular flexibility index (Phi) is 4.37. The lowest BCUT2D eigenvalue weighted by molar-refractivity contribution is 0.242. The molecule has 0 radical (unpaired) electrons. The fourth-order valence-electron chi connectivity index (χ4n) is 1.63. The van der Waals surface area contributed by atoms with Crippen molar-refractivity contribution in [3.63, 3.8) is 0 Å². The van der Waals surface area contributed by atoms with Crippen molar-refractivity contribution in [2.75, 3.05) is 0 Å². The average molecular weight is 217 g/mol. The van der Waals surface area contributed by atoms with Crippen LogP contribution in [0.1, 0.15) is 39.2 Å². The zero-order chi connectivity index (χ0) is 12.1. The van der Waals surface area contributed by atoms with Crippen LogP contribution in [0.3, 0.4) is 0 Å². The Morgan fingerprint density at radius 3 is 2.00 bits per heavy atom. The second kappa shape index (κ2) is 5.55. The topological polar surface area (TPSA) is 33.0 Å². The first-order valence-electron chi connectivity index (χ1n) is 5.70. The van der Waals surface area contributed by atoms with Gasteiger partial charge in [0.25, 0.3) is 0 Å². The van der Waals surface area contributed by atoms with E-state index in [4.69, 9.17) is 10.00 Å². The largest absolute Gasteiger partial charge is 0.491 e. The van der Waals surface area contributed by atoms with Crippen molar-refractivity contribution < 1.29 is 4.74 Å². The number of benzene rings is 1. The molecule has 0 fully saturated rings. The van der Waals surface area contributed by atoms with E-state index in [9.17, 15) is 0 Å². The highest BCUT2D eigenvalue weighted by atomic mass is 16.5. The summed E-state index contributed by atoms with van der Waals surface area (Å²) in [6.45, 7) is 8.12. The third-order valence-corrected chi connectivity index (χ3v) is 2.42. The van der Waals surface area contributed by atoms with Crippen LogP contribution in [0.15, 0.2) is 24.3 Å². The zero-order valence-electron chi connectivity index (χ0n) is 10.4. The van der Waals surface area contributed by atoms with Crippen molar-refractivity contribution in [2.45, 2.75) is 39.7 Å². The van der Waals surface area contributed by atoms with E-state index in [1.165, 1.54) is 0 Å². The van der Waals surface area contributed by atoms with E-state index in [-0.39, 0.29) is 12.0 Å². The maximum Gasteiger partial charge on any atom is 0.119 e. The first kappa shape index (κ1) is 12.6. The van der Waals surface area contributed by atoms with E-state index in [0.717, 1.165) is 11.3 Å². The lowest BCUT2D eigenvalue weighted by atomic mass is 9.90. The summed E-state index contributed by atoms with van der Waals surface area (Å²) in [4.78, 5) is 0. The lowest BCUT2D eigenvalue weighted by Crippen LogP contribution is -2.06. The number of nitrogens with zero attached hydrogens (tertiary/aromatic N) is 1. The molecular weight excluding hydrogens is 198 g/mol. The summed E-state index contributed by atoms with van der Waals surface area (Å²) in [6, 6.07) is 10.2. The number of hydrogen-bond acceptors (Lipinski definition) is 2. The predicted molar refractivity (Wildman–Crippen MR) is 65.4 cm³/mol. The maximum absolute atomic E-state index is 9.08. The van der Waals surface area contributed by atoms with Gasteiger partial charge in [-0.3, -0.25) is 0 Å². The third kappa shape index (κ3) is 3.27. The van der Waals surface area contributed by atoms with E-state index in [2.05, 4.69) is 19.9 Å². The van der Waals surface area contributed by atoms with Crippen LogP contribution in [0.5, 0.6) is 5.75 Å². The average Bonchev–Trinajstić information content (AvgIpc) is 2.20. The van der Waals surface area contributed by atoms with Gasteiger partial charge in [-0.05, 0) is 37.5 Å². The predicted octanol–water partition coefficient (Wildman–Crippen LogP) is 3.74. The van der Waals surface area contributed by atoms with E-state index in [0.29, 0.717) is 5.92 Å². The fraction of sp³-hybridized carbons (Fsp3) is 0.500. The SMILES string of the molecule is CC(C)Oc1ccc(C(C#N)C(C)C)cc1. The summed E-state index contributed by atoms with van der Waals surface area (Å²) in [5.41, 5.74) is 1.06. The minimum Gasteiger partial charge on any atom is -0.491 e. The molecule has 0 spiro atoms. The summed E-state index contributed by atoms with van der Waals surface area (Å²) in [5.74, 6) is 1.16. The fourth-order valence-corrected chi connectivity index (χ4v) is 1.63. The molecule has 1 rings (SSSR count). The molecule has 2 heteroatoms. The molecule has 2 nitrogen and oxygen atoms in total. The molecule has 1 aromatic carbocycles. The molecule has 0 bridgehead atoms. The van der Waals surface area contributed by atoms with Gasteiger partial charge in [0.2, 0.25) is 0 Å². The van der Waals surface area contributed by atoms with Crippen molar-refractivity contribution in [2.24, 2.45) is 5.92 Å². The van der Waals surface area contributed by atoms with Crippen molar-refractivity contribution in [1.29, 1.82) is 5.26 Å². The molecule has 86 valence electrons. The van der Waals surface area contributed by atoms with Crippen LogP contribution in [-0.2, 0) is 0 Å². The molecule has 0 saturated carbocycles. The van der Waals surface area contributed by atoms with Gasteiger partial charge in [-0.25, -0.2) is 0 Å². The van der Waals surface area contributed by atoms with E-state index < -0.39 is 0 Å². The molecule has 0 heterocycles. The molecule has 0 aliphatic carbocycles. The Bertz CT molecular complexity index is 359. The highest BCUT2D eigenvalue weighted by molar-refractivity contribution is 5.32. The maximum atomic E-state index is 9.08. The normalized spacial score (nSPS) is 12.6. The molecular formula is C14H19NO. The van der Waals surface area contributed by atoms with Gasteiger partial charge >= 0.3 is 0 Å². The second-order valence-electron chi connectivity index (χ2n) is 4.59. The van der Waals surface area contributed by atoms with Gasteiger partial charge in [-0.1, -0.05) is 26.0 Å². The molecule has 1 aromatic rings. The van der Waals surface area contributed by atoms with Crippen LogP contribution in [0.4, 0.5) is 0 Å². The minimum absolute atomic E-state index is 0.0342. The number of hydrogen-bond donors (Lipinski definition) is 0. The van der Waals surface area contributed by atoms with Gasteiger partial charge in [0, 0.05) is 0 Å². The summed E-state index contributed by atoms with van der Waals surface area (Å²) in [7, 11) is 0. The van der Waals surface area contributed by atoms with Gasteiger partial charge in [0.05, 0.1) is 18.1 Å². The molecule has 0 amide bonds. The van der Waals surface area contributed by atoms with E-state index in [1.807, 2.05) is 38.1 Å². The monoisotopic (exact) mass is 217 g/mol. The van der Waals surface area contributed by atoms with E-state index >= 15 is 0 Å². The molecule has 0 aromatic heterocycles. The Hall–Kier alpha value is -1.49. The van der Waals surface area contributed by atoms with Crippen LogP contribution >= 0.6 is 0 Å². The summed E-state index contributed by atoms with van der Waals surface area (Å²) in [6.07, 6.45) is 0.183. The molecule has 0 aliphatic heterocycles. The molecule has 1 atom stereocenters. The van der Waals surface area contributed by atoms with Gasteiger partial charge in [0.15, 0.2) is 0 Å². The van der Waals surface area contributed by atoms with Crippen LogP contribution in [0, 0.1) is 17.2 Å². The number of nitriles is 1. The molecule has 0 N–H and O–H groups in total. The van der Waals surface area contributed by atoms with Crippen molar-refractivity contribution in [3.05, 3.63) is 29.8 Å². The lowest BCUT2D eigenvalue weighted by Gasteiger charge is -2.14. The quantitative estimate of drug-likeness (QED) is 0.769. The van der Waals surface area contributed by atoms with Gasteiger partial charge in [-0.15, -0.1) is 0 Å². The number of ether oxygens (including phenoxy) is 1. The third-order valence-electron chi connectivity index (χ3n) is 2.42. The highest BCUT2D eigenvalue weighted by Gasteiger charge is 2.14. The smallest absolute Gasteiger partial charge is 0.119 e. The van der Waals surface area contributed by atoms with Crippen LogP contribution in [0.2, 0.25) is 0 Å². The molecule has 1 unspecified atom stereocenters. The van der Waals surface area contributed by atoms with Gasteiger partial charge < -0.3 is 4.74 Å². The summed E-state index contributed by atoms with van der Waals surface area (Å²) >= 11 is 0. The standard InChI is InChI=1S/C14H19NO/c1-10(2)14(9-15)12-5-7-13(8-6-12)16-11(3)4/h5-8,10-11,14H,1-4H3. The van der Waals surface area contributed by atoms with Crippen LogP contribution < -0.4 is 4.74 Å². The summed E-state index contributed by atoms with van der Waals surface area (Å²) < 4.78 is 5.56. The van der Waals surface area contributed by atoms with Crippen LogP contribution in [0.25, 0.3) is 0 Å². The number of rotatable bonds is 4. The Labute approximate surface area is 97.9 Å². The Morgan fingerprint density at radius 2 is 1.62 bits per heavy atom. The summed E-state index contributed by atoms with van der Waals surface area (Å²) in [5, 5.41) is 9.08. The highest BCUT2D eigenvalue weighted by Crippen LogP contribution is 2.25. The van der Waals surface area contributed by atoms with Gasteiger partial charge in [0.1, 0.15) is 5.75 Å². The first-order valence-corrected chi connectivity index (χ1v) is 5.70. The van der Waals surface area contributed by atoms with Crippen LogP contribution in [-0.4, -0.2) is 6.10 Å².